The maximum absolute atomic E-state index is 12.0. The zero-order valence-corrected chi connectivity index (χ0v) is 13.5. The Morgan fingerprint density at radius 2 is 2.35 bits per heavy atom. The third kappa shape index (κ3) is 3.97. The van der Waals surface area contributed by atoms with E-state index in [1.807, 2.05) is 22.2 Å². The molecule has 3 rings (SSSR count). The van der Waals surface area contributed by atoms with Crippen LogP contribution in [0.25, 0.3) is 0 Å². The van der Waals surface area contributed by atoms with E-state index in [4.69, 9.17) is 5.11 Å². The molecule has 2 aromatic rings. The predicted octanol–water partition coefficient (Wildman–Crippen LogP) is 0.102. The van der Waals surface area contributed by atoms with Crippen molar-refractivity contribution in [1.82, 2.24) is 20.0 Å². The number of rotatable bonds is 6. The second-order valence-corrected chi connectivity index (χ2v) is 6.58. The van der Waals surface area contributed by atoms with Crippen molar-refractivity contribution >= 4 is 17.2 Å². The summed E-state index contributed by atoms with van der Waals surface area (Å²) in [4.78, 5) is 15.2. The number of hydrogen-bond acceptors (Lipinski definition) is 6. The van der Waals surface area contributed by atoms with Crippen LogP contribution in [0.3, 0.4) is 0 Å². The summed E-state index contributed by atoms with van der Waals surface area (Å²) in [6.45, 7) is 2.58. The van der Waals surface area contributed by atoms with Crippen LogP contribution in [-0.2, 0) is 24.4 Å². The van der Waals surface area contributed by atoms with Crippen LogP contribution in [0.5, 0.6) is 0 Å². The van der Waals surface area contributed by atoms with Gasteiger partial charge in [-0.25, -0.2) is 0 Å². The molecule has 1 aliphatic rings. The molecule has 1 aliphatic heterocycles. The van der Waals surface area contributed by atoms with Crippen LogP contribution in [0.4, 0.5) is 0 Å². The van der Waals surface area contributed by atoms with E-state index in [1.165, 1.54) is 0 Å². The molecule has 7 nitrogen and oxygen atoms in total. The van der Waals surface area contributed by atoms with E-state index in [-0.39, 0.29) is 12.5 Å². The van der Waals surface area contributed by atoms with Crippen LogP contribution in [0.2, 0.25) is 0 Å². The Kier molecular flexibility index (Phi) is 5.06. The highest BCUT2D eigenvalue weighted by Gasteiger charge is 2.22. The topological polar surface area (TPSA) is 90.6 Å². The molecule has 0 radical (unpaired) electrons. The maximum atomic E-state index is 12.0. The summed E-state index contributed by atoms with van der Waals surface area (Å²) in [5, 5.41) is 27.8. The lowest BCUT2D eigenvalue weighted by Gasteiger charge is -2.26. The van der Waals surface area contributed by atoms with Crippen molar-refractivity contribution in [3.8, 4) is 0 Å². The number of carbonyl (C=O) groups excluding carboxylic acids is 1. The normalized spacial score (nSPS) is 16.1. The van der Waals surface area contributed by atoms with Crippen molar-refractivity contribution in [3.63, 3.8) is 0 Å². The first-order valence-corrected chi connectivity index (χ1v) is 8.40. The summed E-state index contributed by atoms with van der Waals surface area (Å²) >= 11 is 1.63. The number of amides is 1. The van der Waals surface area contributed by atoms with E-state index >= 15 is 0 Å². The minimum absolute atomic E-state index is 0.00183. The fourth-order valence-corrected chi connectivity index (χ4v) is 3.24. The van der Waals surface area contributed by atoms with Crippen LogP contribution in [0.15, 0.2) is 23.6 Å². The minimum atomic E-state index is -0.948. The molecule has 3 heterocycles. The fraction of sp³-hybridized carbons (Fsp3) is 0.467. The first-order valence-electron chi connectivity index (χ1n) is 7.52. The largest absolute Gasteiger partial charge is 0.393 e. The molecule has 0 unspecified atom stereocenters. The zero-order valence-electron chi connectivity index (χ0n) is 12.7. The van der Waals surface area contributed by atoms with E-state index in [2.05, 4.69) is 15.3 Å². The highest BCUT2D eigenvalue weighted by Crippen LogP contribution is 2.17. The van der Waals surface area contributed by atoms with E-state index in [0.29, 0.717) is 31.9 Å². The number of hydrogen-bond donors (Lipinski definition) is 3. The fourth-order valence-electron chi connectivity index (χ4n) is 2.59. The quantitative estimate of drug-likeness (QED) is 0.696. The van der Waals surface area contributed by atoms with Crippen molar-refractivity contribution in [2.75, 3.05) is 19.7 Å². The van der Waals surface area contributed by atoms with Gasteiger partial charge in [-0.1, -0.05) is 6.07 Å². The van der Waals surface area contributed by atoms with Crippen molar-refractivity contribution in [1.29, 1.82) is 0 Å². The Hall–Kier alpha value is -1.74. The molecule has 0 bridgehead atoms. The number of thiophene rings is 1. The Morgan fingerprint density at radius 3 is 3.09 bits per heavy atom. The Morgan fingerprint density at radius 1 is 1.48 bits per heavy atom. The highest BCUT2D eigenvalue weighted by molar-refractivity contribution is 7.09. The summed E-state index contributed by atoms with van der Waals surface area (Å²) in [5.74, 6) is 0.00183. The predicted molar refractivity (Wildman–Crippen MR) is 85.7 cm³/mol. The molecule has 3 N–H and O–H groups in total. The number of nitrogens with one attached hydrogen (secondary N) is 1. The van der Waals surface area contributed by atoms with Crippen LogP contribution in [-0.4, -0.2) is 50.5 Å². The van der Waals surface area contributed by atoms with E-state index < -0.39 is 6.10 Å². The average Bonchev–Trinajstić information content (AvgIpc) is 3.21. The number of fused-ring (bicyclic) bond motifs is 1. The molecule has 23 heavy (non-hydrogen) atoms. The van der Waals surface area contributed by atoms with Crippen molar-refractivity contribution in [3.05, 3.63) is 39.8 Å². The summed E-state index contributed by atoms with van der Waals surface area (Å²) in [6, 6.07) is 5.76. The molecule has 0 saturated carbocycles. The van der Waals surface area contributed by atoms with Gasteiger partial charge >= 0.3 is 0 Å². The summed E-state index contributed by atoms with van der Waals surface area (Å²) in [5.41, 5.74) is 1.43. The summed E-state index contributed by atoms with van der Waals surface area (Å²) < 4.78 is 1.83. The molecule has 1 amide bonds. The van der Waals surface area contributed by atoms with E-state index in [1.54, 1.807) is 17.4 Å². The average molecular weight is 336 g/mol. The second-order valence-electron chi connectivity index (χ2n) is 5.55. The van der Waals surface area contributed by atoms with Gasteiger partial charge in [0, 0.05) is 18.0 Å². The first kappa shape index (κ1) is 16.1. The molecule has 0 aromatic carbocycles. The molecule has 0 spiro atoms. The number of aromatic nitrogens is 2. The molecule has 8 heteroatoms. The van der Waals surface area contributed by atoms with Gasteiger partial charge < -0.3 is 15.5 Å². The lowest BCUT2D eigenvalue weighted by atomic mass is 10.2. The van der Waals surface area contributed by atoms with Crippen LogP contribution < -0.4 is 5.32 Å². The molecule has 0 aliphatic carbocycles. The molecule has 0 fully saturated rings. The van der Waals surface area contributed by atoms with Gasteiger partial charge in [0.15, 0.2) is 0 Å². The smallest absolute Gasteiger partial charge is 0.234 e. The van der Waals surface area contributed by atoms with Gasteiger partial charge in [0.25, 0.3) is 0 Å². The molecular formula is C15H20N4O3S. The molecular weight excluding hydrogens is 316 g/mol. The van der Waals surface area contributed by atoms with Crippen LogP contribution in [0.1, 0.15) is 22.4 Å². The Balaban J connectivity index is 1.52. The van der Waals surface area contributed by atoms with Crippen molar-refractivity contribution < 1.29 is 15.0 Å². The second kappa shape index (κ2) is 7.22. The first-order chi connectivity index (χ1) is 11.2. The summed E-state index contributed by atoms with van der Waals surface area (Å²) in [6.07, 6.45) is -0.948. The number of nitrogens with zero attached hydrogens (tertiary/aromatic N) is 3. The molecule has 2 aromatic heterocycles. The van der Waals surface area contributed by atoms with Gasteiger partial charge in [-0.05, 0) is 17.5 Å². The van der Waals surface area contributed by atoms with Gasteiger partial charge in [-0.3, -0.25) is 14.4 Å². The Bertz CT molecular complexity index is 656. The van der Waals surface area contributed by atoms with Gasteiger partial charge in [0.2, 0.25) is 5.91 Å². The van der Waals surface area contributed by atoms with Crippen LogP contribution >= 0.6 is 11.3 Å². The van der Waals surface area contributed by atoms with Gasteiger partial charge in [0.05, 0.1) is 37.6 Å². The van der Waals surface area contributed by atoms with Crippen molar-refractivity contribution in [2.45, 2.75) is 25.7 Å². The third-order valence-corrected chi connectivity index (χ3v) is 4.69. The van der Waals surface area contributed by atoms with Gasteiger partial charge in [0.1, 0.15) is 6.10 Å². The number of aliphatic hydroxyl groups is 2. The molecule has 124 valence electrons. The lowest BCUT2D eigenvalue weighted by Crippen LogP contribution is -2.41. The number of aliphatic hydroxyl groups excluding tert-OH is 2. The van der Waals surface area contributed by atoms with Crippen LogP contribution in [0, 0.1) is 0 Å². The third-order valence-electron chi connectivity index (χ3n) is 3.82. The van der Waals surface area contributed by atoms with Crippen molar-refractivity contribution in [2.24, 2.45) is 0 Å². The molecule has 1 atom stereocenters. The Labute approximate surface area is 138 Å². The zero-order chi connectivity index (χ0) is 16.2. The standard InChI is InChI=1S/C15H20N4O3S/c20-10-14(21)13-6-11-8-18(3-4-19(11)17-13)9-15(22)16-7-12-2-1-5-23-12/h1-2,5-6,14,20-21H,3-4,7-10H2,(H,16,22)/t14-/m1/s1. The van der Waals surface area contributed by atoms with E-state index in [9.17, 15) is 9.90 Å². The maximum Gasteiger partial charge on any atom is 0.234 e. The lowest BCUT2D eigenvalue weighted by molar-refractivity contribution is -0.122. The van der Waals surface area contributed by atoms with Gasteiger partial charge in [-0.2, -0.15) is 5.10 Å². The molecule has 0 saturated heterocycles. The minimum Gasteiger partial charge on any atom is -0.393 e. The van der Waals surface area contributed by atoms with Gasteiger partial charge in [-0.15, -0.1) is 11.3 Å². The van der Waals surface area contributed by atoms with E-state index in [0.717, 1.165) is 17.1 Å². The summed E-state index contributed by atoms with van der Waals surface area (Å²) in [7, 11) is 0. The SMILES string of the molecule is O=C(CN1CCn2nc([C@H](O)CO)cc2C1)NCc1cccs1. The monoisotopic (exact) mass is 336 g/mol. The number of carbonyl (C=O) groups is 1. The highest BCUT2D eigenvalue weighted by atomic mass is 32.1.